The highest BCUT2D eigenvalue weighted by atomic mass is 35.5. The van der Waals surface area contributed by atoms with E-state index in [9.17, 15) is 26.4 Å². The number of likely N-dealkylation sites (N-methyl/N-ethyl adjacent to an activating group) is 1. The van der Waals surface area contributed by atoms with Crippen LogP contribution in [0.15, 0.2) is 42.5 Å². The van der Waals surface area contributed by atoms with Gasteiger partial charge in [-0.3, -0.25) is 9.69 Å². The van der Waals surface area contributed by atoms with Crippen molar-refractivity contribution in [3.63, 3.8) is 0 Å². The van der Waals surface area contributed by atoms with E-state index in [1.54, 1.807) is 4.90 Å². The average Bonchev–Trinajstić information content (AvgIpc) is 2.83. The van der Waals surface area contributed by atoms with Crippen LogP contribution < -0.4 is 5.73 Å². The molecule has 0 saturated carbocycles. The Hall–Kier alpha value is -1.92. The SMILES string of the molecule is CN(Cc1ccc(C(F)(F)F)cc1)C(=O)C(F)(CCN1CCC(S(C)(=O)=O)CC1N)c1ccc(Cl)c(Cl)c1. The highest BCUT2D eigenvalue weighted by Gasteiger charge is 2.44. The highest BCUT2D eigenvalue weighted by Crippen LogP contribution is 2.37. The zero-order chi connectivity index (χ0) is 28.5. The molecular weight excluding hydrogens is 569 g/mol. The summed E-state index contributed by atoms with van der Waals surface area (Å²) in [7, 11) is -1.92. The van der Waals surface area contributed by atoms with Gasteiger partial charge in [-0.2, -0.15) is 13.2 Å². The molecule has 1 aliphatic rings. The maximum Gasteiger partial charge on any atom is 0.416 e. The summed E-state index contributed by atoms with van der Waals surface area (Å²) < 4.78 is 79.2. The van der Waals surface area contributed by atoms with Crippen molar-refractivity contribution in [1.82, 2.24) is 9.80 Å². The normalized spacial score (nSPS) is 20.7. The lowest BCUT2D eigenvalue weighted by Crippen LogP contribution is -2.52. The first kappa shape index (κ1) is 30.6. The first-order chi connectivity index (χ1) is 17.5. The van der Waals surface area contributed by atoms with Crippen LogP contribution >= 0.6 is 23.2 Å². The molecule has 2 aromatic rings. The molecule has 2 aromatic carbocycles. The van der Waals surface area contributed by atoms with Crippen LogP contribution in [0.2, 0.25) is 10.0 Å². The second kappa shape index (κ2) is 11.7. The second-order valence-electron chi connectivity index (χ2n) is 9.62. The van der Waals surface area contributed by atoms with Crippen LogP contribution in [-0.2, 0) is 33.0 Å². The highest BCUT2D eigenvalue weighted by molar-refractivity contribution is 7.91. The second-order valence-corrected chi connectivity index (χ2v) is 12.8. The van der Waals surface area contributed by atoms with Crippen LogP contribution in [0.25, 0.3) is 0 Å². The van der Waals surface area contributed by atoms with Gasteiger partial charge in [-0.05, 0) is 42.7 Å². The fraction of sp³-hybridized carbons (Fsp3) is 0.480. The van der Waals surface area contributed by atoms with E-state index < -0.39 is 44.6 Å². The van der Waals surface area contributed by atoms with E-state index in [1.807, 2.05) is 0 Å². The van der Waals surface area contributed by atoms with Crippen molar-refractivity contribution in [3.8, 4) is 0 Å². The minimum absolute atomic E-state index is 0.0317. The van der Waals surface area contributed by atoms with Gasteiger partial charge in [-0.25, -0.2) is 12.8 Å². The largest absolute Gasteiger partial charge is 0.416 e. The first-order valence-corrected chi connectivity index (χ1v) is 14.5. The third-order valence-electron chi connectivity index (χ3n) is 6.82. The predicted octanol–water partition coefficient (Wildman–Crippen LogP) is 5.02. The number of carbonyl (C=O) groups is 1. The van der Waals surface area contributed by atoms with Crippen LogP contribution in [-0.4, -0.2) is 61.9 Å². The number of alkyl halides is 4. The third kappa shape index (κ3) is 7.18. The van der Waals surface area contributed by atoms with Gasteiger partial charge in [0.25, 0.3) is 5.91 Å². The zero-order valence-corrected chi connectivity index (χ0v) is 23.1. The fourth-order valence-electron chi connectivity index (χ4n) is 4.54. The molecule has 6 nitrogen and oxygen atoms in total. The molecule has 1 aliphatic heterocycles. The van der Waals surface area contributed by atoms with E-state index in [1.165, 1.54) is 37.4 Å². The number of rotatable bonds is 8. The minimum atomic E-state index is -4.50. The molecule has 3 unspecified atom stereocenters. The van der Waals surface area contributed by atoms with E-state index in [2.05, 4.69) is 0 Å². The molecule has 3 rings (SSSR count). The van der Waals surface area contributed by atoms with Gasteiger partial charge in [0.2, 0.25) is 5.67 Å². The molecule has 0 bridgehead atoms. The van der Waals surface area contributed by atoms with Crippen molar-refractivity contribution in [2.45, 2.75) is 49.1 Å². The maximum atomic E-state index is 16.7. The van der Waals surface area contributed by atoms with Gasteiger partial charge in [-0.1, -0.05) is 41.4 Å². The van der Waals surface area contributed by atoms with Gasteiger partial charge in [-0.15, -0.1) is 0 Å². The number of halogens is 6. The van der Waals surface area contributed by atoms with Crippen LogP contribution in [0.3, 0.4) is 0 Å². The number of benzene rings is 2. The number of hydrogen-bond acceptors (Lipinski definition) is 5. The lowest BCUT2D eigenvalue weighted by molar-refractivity contribution is -0.145. The molecule has 1 saturated heterocycles. The van der Waals surface area contributed by atoms with Crippen molar-refractivity contribution < 1.29 is 30.8 Å². The number of likely N-dealkylation sites (tertiary alicyclic amines) is 1. The molecule has 13 heteroatoms. The fourth-order valence-corrected chi connectivity index (χ4v) is 5.92. The van der Waals surface area contributed by atoms with Crippen molar-refractivity contribution in [2.24, 2.45) is 5.73 Å². The molecule has 0 radical (unpaired) electrons. The summed E-state index contributed by atoms with van der Waals surface area (Å²) in [6.07, 6.45) is -3.78. The Balaban J connectivity index is 1.82. The summed E-state index contributed by atoms with van der Waals surface area (Å²) in [5.41, 5.74) is 3.14. The minimum Gasteiger partial charge on any atom is -0.338 e. The van der Waals surface area contributed by atoms with Crippen molar-refractivity contribution in [3.05, 3.63) is 69.2 Å². The Morgan fingerprint density at radius 3 is 2.21 bits per heavy atom. The number of carbonyl (C=O) groups excluding carboxylic acids is 1. The van der Waals surface area contributed by atoms with Gasteiger partial charge >= 0.3 is 6.18 Å². The Kier molecular flexibility index (Phi) is 9.41. The molecule has 0 aromatic heterocycles. The quantitative estimate of drug-likeness (QED) is 0.432. The Labute approximate surface area is 229 Å². The molecule has 3 atom stereocenters. The van der Waals surface area contributed by atoms with E-state index in [4.69, 9.17) is 28.9 Å². The van der Waals surface area contributed by atoms with E-state index in [0.29, 0.717) is 18.5 Å². The molecule has 1 fully saturated rings. The molecule has 38 heavy (non-hydrogen) atoms. The van der Waals surface area contributed by atoms with Gasteiger partial charge < -0.3 is 10.6 Å². The van der Waals surface area contributed by atoms with Gasteiger partial charge in [0.15, 0.2) is 0 Å². The summed E-state index contributed by atoms with van der Waals surface area (Å²) >= 11 is 12.1. The molecule has 0 aliphatic carbocycles. The topological polar surface area (TPSA) is 83.7 Å². The molecular formula is C25H29Cl2F4N3O3S. The summed E-state index contributed by atoms with van der Waals surface area (Å²) in [6.45, 7) is 0.226. The lowest BCUT2D eigenvalue weighted by atomic mass is 9.89. The predicted molar refractivity (Wildman–Crippen MR) is 139 cm³/mol. The average molecular weight is 598 g/mol. The van der Waals surface area contributed by atoms with Crippen molar-refractivity contribution in [2.75, 3.05) is 26.4 Å². The lowest BCUT2D eigenvalue weighted by Gasteiger charge is -2.38. The number of nitrogens with zero attached hydrogens (tertiary/aromatic N) is 2. The molecule has 2 N–H and O–H groups in total. The number of sulfone groups is 1. The third-order valence-corrected chi connectivity index (χ3v) is 9.20. The summed E-state index contributed by atoms with van der Waals surface area (Å²) in [5.74, 6) is -0.921. The number of nitrogens with two attached hydrogens (primary N) is 1. The van der Waals surface area contributed by atoms with E-state index in [0.717, 1.165) is 23.3 Å². The Morgan fingerprint density at radius 2 is 1.68 bits per heavy atom. The van der Waals surface area contributed by atoms with Crippen LogP contribution in [0.5, 0.6) is 0 Å². The van der Waals surface area contributed by atoms with Gasteiger partial charge in [0, 0.05) is 44.9 Å². The van der Waals surface area contributed by atoms with Crippen LogP contribution in [0, 0.1) is 0 Å². The number of hydrogen-bond donors (Lipinski definition) is 1. The van der Waals surface area contributed by atoms with Crippen molar-refractivity contribution >= 4 is 38.9 Å². The summed E-state index contributed by atoms with van der Waals surface area (Å²) in [6, 6.07) is 8.26. The Bertz CT molecular complexity index is 1260. The zero-order valence-electron chi connectivity index (χ0n) is 20.8. The standard InChI is InChI=1S/C25H29Cl2F4N3O3S/c1-33(15-16-3-5-17(6-4-16)25(29,30)31)23(35)24(28,18-7-8-20(26)21(27)13-18)10-12-34-11-9-19(14-22(34)32)38(2,36)37/h3-8,13,19,22H,9-12,14-15,32H2,1-2H3. The first-order valence-electron chi connectivity index (χ1n) is 11.8. The summed E-state index contributed by atoms with van der Waals surface area (Å²) in [5, 5.41) is -0.362. The number of piperidine rings is 1. The van der Waals surface area contributed by atoms with Crippen molar-refractivity contribution in [1.29, 1.82) is 0 Å². The van der Waals surface area contributed by atoms with Crippen LogP contribution in [0.4, 0.5) is 17.6 Å². The van der Waals surface area contributed by atoms with E-state index in [-0.39, 0.29) is 41.5 Å². The maximum absolute atomic E-state index is 16.7. The molecule has 210 valence electrons. The number of amides is 1. The summed E-state index contributed by atoms with van der Waals surface area (Å²) in [4.78, 5) is 16.3. The van der Waals surface area contributed by atoms with Gasteiger partial charge in [0.05, 0.1) is 27.0 Å². The smallest absolute Gasteiger partial charge is 0.338 e. The Morgan fingerprint density at radius 1 is 1.08 bits per heavy atom. The molecule has 1 heterocycles. The monoisotopic (exact) mass is 597 g/mol. The molecule has 0 spiro atoms. The van der Waals surface area contributed by atoms with E-state index >= 15 is 4.39 Å². The van der Waals surface area contributed by atoms with Gasteiger partial charge in [0.1, 0.15) is 9.84 Å². The molecule has 1 amide bonds. The van der Waals surface area contributed by atoms with Crippen LogP contribution in [0.1, 0.15) is 36.0 Å².